The van der Waals surface area contributed by atoms with Crippen molar-refractivity contribution in [2.45, 2.75) is 42.4 Å². The van der Waals surface area contributed by atoms with Gasteiger partial charge in [-0.2, -0.15) is 0 Å². The Labute approximate surface area is 222 Å². The molecule has 0 amide bonds. The lowest BCUT2D eigenvalue weighted by Gasteiger charge is -2.45. The van der Waals surface area contributed by atoms with Crippen molar-refractivity contribution in [3.63, 3.8) is 0 Å². The molecule has 1 spiro atoms. The predicted octanol–water partition coefficient (Wildman–Crippen LogP) is 5.96. The lowest BCUT2D eigenvalue weighted by Crippen LogP contribution is -2.49. The largest absolute Gasteiger partial charge is 0.303 e. The zero-order valence-electron chi connectivity index (χ0n) is 22.2. The first-order chi connectivity index (χ1) is 17.7. The molecule has 3 aromatic carbocycles. The summed E-state index contributed by atoms with van der Waals surface area (Å²) in [6, 6.07) is 28.0. The zero-order chi connectivity index (χ0) is 26.1. The standard InChI is InChI=1S/C32H38N2O2S/c1-26-24-34(23-21-32(26)19-18-27-12-10-11-17-30(27)32)22-20-31(2,28-13-6-4-7-14-28)25-33(3)37(35,36)29-15-8-5-9-16-29/h4-19,26H,20-25H2,1-3H3/t26?,31-,32?/m1/s1. The molecule has 1 saturated heterocycles. The highest BCUT2D eigenvalue weighted by atomic mass is 32.2. The molecule has 2 unspecified atom stereocenters. The average molecular weight is 515 g/mol. The van der Waals surface area contributed by atoms with Crippen molar-refractivity contribution >= 4 is 16.1 Å². The van der Waals surface area contributed by atoms with Crippen molar-refractivity contribution in [3.05, 3.63) is 108 Å². The van der Waals surface area contributed by atoms with Crippen molar-refractivity contribution < 1.29 is 8.42 Å². The molecule has 37 heavy (non-hydrogen) atoms. The van der Waals surface area contributed by atoms with Gasteiger partial charge in [0.15, 0.2) is 0 Å². The third-order valence-electron chi connectivity index (χ3n) is 8.75. The molecule has 5 heteroatoms. The third-order valence-corrected chi connectivity index (χ3v) is 10.6. The Morgan fingerprint density at radius 2 is 1.62 bits per heavy atom. The predicted molar refractivity (Wildman–Crippen MR) is 152 cm³/mol. The first-order valence-electron chi connectivity index (χ1n) is 13.3. The van der Waals surface area contributed by atoms with E-state index in [2.05, 4.69) is 79.4 Å². The molecule has 4 nitrogen and oxygen atoms in total. The number of sulfonamides is 1. The number of likely N-dealkylation sites (tertiary alicyclic amines) is 1. The summed E-state index contributed by atoms with van der Waals surface area (Å²) in [5, 5.41) is 0. The van der Waals surface area contributed by atoms with Crippen LogP contribution in [-0.4, -0.2) is 50.8 Å². The van der Waals surface area contributed by atoms with E-state index in [0.29, 0.717) is 17.4 Å². The summed E-state index contributed by atoms with van der Waals surface area (Å²) in [6.45, 7) is 8.06. The second-order valence-corrected chi connectivity index (χ2v) is 13.2. The molecule has 1 fully saturated rings. The number of benzene rings is 3. The van der Waals surface area contributed by atoms with Crippen LogP contribution in [-0.2, 0) is 20.9 Å². The van der Waals surface area contributed by atoms with Crippen LogP contribution < -0.4 is 0 Å². The molecule has 194 valence electrons. The molecule has 1 aliphatic heterocycles. The van der Waals surface area contributed by atoms with E-state index in [-0.39, 0.29) is 10.8 Å². The van der Waals surface area contributed by atoms with Crippen molar-refractivity contribution in [1.29, 1.82) is 0 Å². The first-order valence-corrected chi connectivity index (χ1v) is 14.8. The van der Waals surface area contributed by atoms with E-state index in [1.807, 2.05) is 12.1 Å². The van der Waals surface area contributed by atoms with Crippen molar-refractivity contribution in [3.8, 4) is 0 Å². The third kappa shape index (κ3) is 4.93. The number of hydrogen-bond donors (Lipinski definition) is 0. The maximum atomic E-state index is 13.3. The maximum absolute atomic E-state index is 13.3. The Morgan fingerprint density at radius 3 is 2.32 bits per heavy atom. The highest BCUT2D eigenvalue weighted by Crippen LogP contribution is 2.47. The molecule has 5 rings (SSSR count). The molecule has 3 atom stereocenters. The quantitative estimate of drug-likeness (QED) is 0.372. The molecule has 0 aromatic heterocycles. The van der Waals surface area contributed by atoms with Gasteiger partial charge in [0.05, 0.1) is 4.90 Å². The highest BCUT2D eigenvalue weighted by Gasteiger charge is 2.43. The van der Waals surface area contributed by atoms with Crippen LogP contribution in [0.25, 0.3) is 6.08 Å². The molecule has 2 aliphatic rings. The molecular formula is C32H38N2O2S. The van der Waals surface area contributed by atoms with Gasteiger partial charge in [-0.05, 0) is 60.7 Å². The molecule has 0 radical (unpaired) electrons. The fourth-order valence-corrected chi connectivity index (χ4v) is 7.70. The van der Waals surface area contributed by atoms with E-state index in [4.69, 9.17) is 0 Å². The van der Waals surface area contributed by atoms with Crippen LogP contribution in [0.2, 0.25) is 0 Å². The summed E-state index contributed by atoms with van der Waals surface area (Å²) in [7, 11) is -1.86. The van der Waals surface area contributed by atoms with Gasteiger partial charge < -0.3 is 4.90 Å². The monoisotopic (exact) mass is 514 g/mol. The van der Waals surface area contributed by atoms with E-state index in [1.165, 1.54) is 21.0 Å². The zero-order valence-corrected chi connectivity index (χ0v) is 23.0. The summed E-state index contributed by atoms with van der Waals surface area (Å²) >= 11 is 0. The Balaban J connectivity index is 1.31. The minimum Gasteiger partial charge on any atom is -0.303 e. The van der Waals surface area contributed by atoms with Gasteiger partial charge in [0.2, 0.25) is 10.0 Å². The van der Waals surface area contributed by atoms with Crippen molar-refractivity contribution in [1.82, 2.24) is 9.21 Å². The summed E-state index contributed by atoms with van der Waals surface area (Å²) in [6.07, 6.45) is 6.75. The number of rotatable bonds is 8. The Morgan fingerprint density at radius 1 is 0.973 bits per heavy atom. The van der Waals surface area contributed by atoms with Crippen molar-refractivity contribution in [2.24, 2.45) is 5.92 Å². The highest BCUT2D eigenvalue weighted by molar-refractivity contribution is 7.89. The van der Waals surface area contributed by atoms with E-state index in [1.54, 1.807) is 31.3 Å². The number of likely N-dealkylation sites (N-methyl/N-ethyl adjacent to an activating group) is 1. The minimum atomic E-state index is -3.56. The number of fused-ring (bicyclic) bond motifs is 2. The van der Waals surface area contributed by atoms with Gasteiger partial charge in [0.25, 0.3) is 0 Å². The summed E-state index contributed by atoms with van der Waals surface area (Å²) < 4.78 is 28.2. The normalized spacial score (nSPS) is 23.3. The summed E-state index contributed by atoms with van der Waals surface area (Å²) in [5.74, 6) is 0.519. The smallest absolute Gasteiger partial charge is 0.242 e. The lowest BCUT2D eigenvalue weighted by atomic mass is 9.68. The number of piperidine rings is 1. The topological polar surface area (TPSA) is 40.6 Å². The fourth-order valence-electron chi connectivity index (χ4n) is 6.39. The fraction of sp³-hybridized carbons (Fsp3) is 0.375. The molecule has 0 N–H and O–H groups in total. The van der Waals surface area contributed by atoms with Gasteiger partial charge >= 0.3 is 0 Å². The molecule has 3 aromatic rings. The molecule has 1 heterocycles. The average Bonchev–Trinajstić information content (AvgIpc) is 3.30. The van der Waals surface area contributed by atoms with Gasteiger partial charge in [0.1, 0.15) is 0 Å². The lowest BCUT2D eigenvalue weighted by molar-refractivity contribution is 0.118. The van der Waals surface area contributed by atoms with Gasteiger partial charge in [-0.25, -0.2) is 12.7 Å². The van der Waals surface area contributed by atoms with Crippen LogP contribution in [0.3, 0.4) is 0 Å². The van der Waals surface area contributed by atoms with Gasteiger partial charge in [-0.15, -0.1) is 0 Å². The Bertz CT molecular complexity index is 1360. The Kier molecular flexibility index (Phi) is 7.14. The van der Waals surface area contributed by atoms with E-state index < -0.39 is 10.0 Å². The summed E-state index contributed by atoms with van der Waals surface area (Å²) in [5.41, 5.74) is 3.85. The van der Waals surface area contributed by atoms with Crippen LogP contribution in [0, 0.1) is 5.92 Å². The van der Waals surface area contributed by atoms with Crippen LogP contribution in [0.5, 0.6) is 0 Å². The minimum absolute atomic E-state index is 0.139. The van der Waals surface area contributed by atoms with Crippen molar-refractivity contribution in [2.75, 3.05) is 33.2 Å². The first kappa shape index (κ1) is 25.9. The van der Waals surface area contributed by atoms with E-state index >= 15 is 0 Å². The van der Waals surface area contributed by atoms with Gasteiger partial charge in [0, 0.05) is 31.0 Å². The van der Waals surface area contributed by atoms with Crippen LogP contribution in [0.15, 0.2) is 95.9 Å². The molecule has 0 saturated carbocycles. The number of allylic oxidation sites excluding steroid dienone is 1. The van der Waals surface area contributed by atoms with E-state index in [0.717, 1.165) is 32.5 Å². The van der Waals surface area contributed by atoms with Crippen LogP contribution >= 0.6 is 0 Å². The second kappa shape index (κ2) is 10.2. The SMILES string of the molecule is CC1CN(CC[C@](C)(CN(C)S(=O)(=O)c2ccccc2)c2ccccc2)CCC12C=Cc1ccccc12. The molecule has 1 aliphatic carbocycles. The van der Waals surface area contributed by atoms with Gasteiger partial charge in [-0.1, -0.05) is 98.8 Å². The van der Waals surface area contributed by atoms with E-state index in [9.17, 15) is 8.42 Å². The maximum Gasteiger partial charge on any atom is 0.242 e. The molecule has 0 bridgehead atoms. The van der Waals surface area contributed by atoms with Gasteiger partial charge in [-0.3, -0.25) is 0 Å². The number of nitrogens with zero attached hydrogens (tertiary/aromatic N) is 2. The van der Waals surface area contributed by atoms with Crippen LogP contribution in [0.1, 0.15) is 43.4 Å². The number of hydrogen-bond acceptors (Lipinski definition) is 3. The second-order valence-electron chi connectivity index (χ2n) is 11.2. The summed E-state index contributed by atoms with van der Waals surface area (Å²) in [4.78, 5) is 2.92. The Hall–Kier alpha value is -2.73. The van der Waals surface area contributed by atoms with Crippen LogP contribution in [0.4, 0.5) is 0 Å². The molecular weight excluding hydrogens is 476 g/mol.